The van der Waals surface area contributed by atoms with Crippen LogP contribution in [0.3, 0.4) is 0 Å². The van der Waals surface area contributed by atoms with Crippen LogP contribution in [-0.2, 0) is 0 Å². The molecule has 4 N–H and O–H groups in total. The molecule has 2 rings (SSSR count). The summed E-state index contributed by atoms with van der Waals surface area (Å²) in [7, 11) is 0. The summed E-state index contributed by atoms with van der Waals surface area (Å²) in [5, 5.41) is 14.3. The number of carbonyl (C=O) groups excluding carboxylic acids is 1. The summed E-state index contributed by atoms with van der Waals surface area (Å²) in [4.78, 5) is 12.0. The number of furan rings is 1. The SMILES string of the molecule is N/C(=N/O)c1ccccc1NC(=O)c1ccoc1Br. The van der Waals surface area contributed by atoms with Gasteiger partial charge in [0.05, 0.1) is 17.5 Å². The summed E-state index contributed by atoms with van der Waals surface area (Å²) >= 11 is 3.13. The molecule has 6 nitrogen and oxygen atoms in total. The van der Waals surface area contributed by atoms with E-state index in [1.54, 1.807) is 24.3 Å². The van der Waals surface area contributed by atoms with Gasteiger partial charge in [0.2, 0.25) is 0 Å². The van der Waals surface area contributed by atoms with Crippen molar-refractivity contribution in [2.24, 2.45) is 10.9 Å². The lowest BCUT2D eigenvalue weighted by Gasteiger charge is -2.09. The van der Waals surface area contributed by atoms with Crippen LogP contribution in [0.4, 0.5) is 5.69 Å². The second-order valence-corrected chi connectivity index (χ2v) is 4.31. The van der Waals surface area contributed by atoms with Gasteiger partial charge in [0.1, 0.15) is 0 Å². The summed E-state index contributed by atoms with van der Waals surface area (Å²) < 4.78 is 5.33. The van der Waals surface area contributed by atoms with Crippen LogP contribution in [-0.4, -0.2) is 17.0 Å². The van der Waals surface area contributed by atoms with E-state index < -0.39 is 0 Å². The molecule has 0 saturated carbocycles. The van der Waals surface area contributed by atoms with E-state index in [-0.39, 0.29) is 11.7 Å². The minimum absolute atomic E-state index is 0.0813. The van der Waals surface area contributed by atoms with Gasteiger partial charge in [-0.2, -0.15) is 0 Å². The van der Waals surface area contributed by atoms with Crippen molar-refractivity contribution < 1.29 is 14.4 Å². The summed E-state index contributed by atoms with van der Waals surface area (Å²) in [6.07, 6.45) is 1.40. The molecular weight excluding hydrogens is 314 g/mol. The van der Waals surface area contributed by atoms with Crippen LogP contribution >= 0.6 is 15.9 Å². The predicted octanol–water partition coefficient (Wildman–Crippen LogP) is 2.39. The first-order valence-electron chi connectivity index (χ1n) is 5.24. The maximum Gasteiger partial charge on any atom is 0.260 e. The zero-order valence-corrected chi connectivity index (χ0v) is 11.2. The van der Waals surface area contributed by atoms with Crippen LogP contribution in [0, 0.1) is 0 Å². The Balaban J connectivity index is 2.30. The maximum atomic E-state index is 12.0. The lowest BCUT2D eigenvalue weighted by molar-refractivity contribution is 0.102. The number of amides is 1. The van der Waals surface area contributed by atoms with Crippen LogP contribution in [0.5, 0.6) is 0 Å². The highest BCUT2D eigenvalue weighted by Gasteiger charge is 2.15. The number of nitrogens with one attached hydrogen (secondary N) is 1. The number of para-hydroxylation sites is 1. The number of benzene rings is 1. The van der Waals surface area contributed by atoms with Crippen molar-refractivity contribution in [3.63, 3.8) is 0 Å². The molecule has 19 heavy (non-hydrogen) atoms. The molecule has 0 spiro atoms. The fraction of sp³-hybridized carbons (Fsp3) is 0. The Morgan fingerprint density at radius 3 is 2.68 bits per heavy atom. The molecule has 98 valence electrons. The van der Waals surface area contributed by atoms with Gasteiger partial charge < -0.3 is 20.7 Å². The van der Waals surface area contributed by atoms with Gasteiger partial charge in [0.15, 0.2) is 10.5 Å². The Bertz CT molecular complexity index is 637. The second-order valence-electron chi connectivity index (χ2n) is 3.59. The van der Waals surface area contributed by atoms with Crippen LogP contribution in [0.25, 0.3) is 0 Å². The second kappa shape index (κ2) is 5.57. The number of hydrogen-bond donors (Lipinski definition) is 3. The molecule has 1 amide bonds. The Morgan fingerprint density at radius 2 is 2.05 bits per heavy atom. The first kappa shape index (κ1) is 13.2. The van der Waals surface area contributed by atoms with Gasteiger partial charge in [-0.05, 0) is 34.1 Å². The number of nitrogens with zero attached hydrogens (tertiary/aromatic N) is 1. The number of carbonyl (C=O) groups is 1. The minimum atomic E-state index is -0.362. The number of oxime groups is 1. The third-order valence-corrected chi connectivity index (χ3v) is 3.04. The molecule has 2 aromatic rings. The van der Waals surface area contributed by atoms with Gasteiger partial charge in [-0.1, -0.05) is 17.3 Å². The maximum absolute atomic E-state index is 12.0. The summed E-state index contributed by atoms with van der Waals surface area (Å²) in [6, 6.07) is 8.27. The molecule has 1 aromatic carbocycles. The third kappa shape index (κ3) is 2.76. The van der Waals surface area contributed by atoms with Crippen molar-refractivity contribution in [1.82, 2.24) is 0 Å². The van der Waals surface area contributed by atoms with E-state index in [0.717, 1.165) is 0 Å². The zero-order valence-electron chi connectivity index (χ0n) is 9.63. The Morgan fingerprint density at radius 1 is 1.32 bits per heavy atom. The average Bonchev–Trinajstić information content (AvgIpc) is 2.85. The topological polar surface area (TPSA) is 101 Å². The first-order chi connectivity index (χ1) is 9.13. The van der Waals surface area contributed by atoms with Gasteiger partial charge in [-0.25, -0.2) is 0 Å². The molecule has 0 aliphatic rings. The van der Waals surface area contributed by atoms with E-state index >= 15 is 0 Å². The minimum Gasteiger partial charge on any atom is -0.457 e. The average molecular weight is 324 g/mol. The normalized spacial score (nSPS) is 11.3. The molecule has 0 aliphatic heterocycles. The van der Waals surface area contributed by atoms with Gasteiger partial charge in [0.25, 0.3) is 5.91 Å². The number of nitrogens with two attached hydrogens (primary N) is 1. The lowest BCUT2D eigenvalue weighted by Crippen LogP contribution is -2.19. The largest absolute Gasteiger partial charge is 0.457 e. The molecule has 0 radical (unpaired) electrons. The molecule has 0 bridgehead atoms. The van der Waals surface area contributed by atoms with E-state index in [0.29, 0.717) is 21.5 Å². The highest BCUT2D eigenvalue weighted by atomic mass is 79.9. The molecule has 0 atom stereocenters. The van der Waals surface area contributed by atoms with Crippen molar-refractivity contribution in [1.29, 1.82) is 0 Å². The summed E-state index contributed by atoms with van der Waals surface area (Å²) in [5.41, 5.74) is 6.77. The van der Waals surface area contributed by atoms with Crippen molar-refractivity contribution in [3.05, 3.63) is 52.4 Å². The van der Waals surface area contributed by atoms with Gasteiger partial charge >= 0.3 is 0 Å². The van der Waals surface area contributed by atoms with Gasteiger partial charge in [-0.3, -0.25) is 4.79 Å². The molecule has 0 aliphatic carbocycles. The van der Waals surface area contributed by atoms with Crippen LogP contribution in [0.1, 0.15) is 15.9 Å². The van der Waals surface area contributed by atoms with E-state index in [1.165, 1.54) is 12.3 Å². The summed E-state index contributed by atoms with van der Waals surface area (Å²) in [5.74, 6) is -0.444. The van der Waals surface area contributed by atoms with Crippen LogP contribution in [0.2, 0.25) is 0 Å². The highest BCUT2D eigenvalue weighted by Crippen LogP contribution is 2.21. The molecule has 0 fully saturated rings. The third-order valence-electron chi connectivity index (χ3n) is 2.42. The molecule has 0 unspecified atom stereocenters. The fourth-order valence-corrected chi connectivity index (χ4v) is 1.93. The Labute approximate surface area is 117 Å². The fourth-order valence-electron chi connectivity index (χ4n) is 1.51. The van der Waals surface area contributed by atoms with Crippen LogP contribution in [0.15, 0.2) is 50.8 Å². The van der Waals surface area contributed by atoms with E-state index in [4.69, 9.17) is 15.4 Å². The quantitative estimate of drug-likeness (QED) is 0.349. The lowest BCUT2D eigenvalue weighted by atomic mass is 10.1. The number of amidine groups is 1. The Hall–Kier alpha value is -2.28. The molecule has 1 heterocycles. The number of hydrogen-bond acceptors (Lipinski definition) is 4. The van der Waals surface area contributed by atoms with Crippen molar-refractivity contribution in [3.8, 4) is 0 Å². The van der Waals surface area contributed by atoms with Crippen molar-refractivity contribution >= 4 is 33.4 Å². The predicted molar refractivity (Wildman–Crippen MR) is 73.3 cm³/mol. The Kier molecular flexibility index (Phi) is 3.86. The standard InChI is InChI=1S/C12H10BrN3O3/c13-10-8(5-6-19-10)12(17)15-9-4-2-1-3-7(9)11(14)16-18/h1-6,18H,(H2,14,16)(H,15,17). The van der Waals surface area contributed by atoms with Gasteiger partial charge in [-0.15, -0.1) is 0 Å². The molecule has 1 aromatic heterocycles. The zero-order chi connectivity index (χ0) is 13.8. The van der Waals surface area contributed by atoms with Crippen molar-refractivity contribution in [2.45, 2.75) is 0 Å². The molecular formula is C12H10BrN3O3. The first-order valence-corrected chi connectivity index (χ1v) is 6.04. The highest BCUT2D eigenvalue weighted by molar-refractivity contribution is 9.10. The smallest absolute Gasteiger partial charge is 0.260 e. The van der Waals surface area contributed by atoms with E-state index in [1.807, 2.05) is 0 Å². The number of rotatable bonds is 3. The van der Waals surface area contributed by atoms with E-state index in [9.17, 15) is 4.79 Å². The molecule has 0 saturated heterocycles. The summed E-state index contributed by atoms with van der Waals surface area (Å²) in [6.45, 7) is 0. The molecule has 7 heteroatoms. The number of anilines is 1. The van der Waals surface area contributed by atoms with Crippen molar-refractivity contribution in [2.75, 3.05) is 5.32 Å². The monoisotopic (exact) mass is 323 g/mol. The number of halogens is 1. The van der Waals surface area contributed by atoms with E-state index in [2.05, 4.69) is 26.4 Å². The van der Waals surface area contributed by atoms with Gasteiger partial charge in [0, 0.05) is 5.56 Å². The van der Waals surface area contributed by atoms with Crippen LogP contribution < -0.4 is 11.1 Å².